The summed E-state index contributed by atoms with van der Waals surface area (Å²) in [5, 5.41) is 0. The molecule has 0 amide bonds. The minimum Gasteiger partial charge on any atom is -0.455 e. The fourth-order valence-electron chi connectivity index (χ4n) is 2.99. The van der Waals surface area contributed by atoms with E-state index in [1.54, 1.807) is 24.3 Å². The van der Waals surface area contributed by atoms with Gasteiger partial charge in [-0.15, -0.1) is 0 Å². The number of rotatable bonds is 7. The summed E-state index contributed by atoms with van der Waals surface area (Å²) in [7, 11) is -2.74. The van der Waals surface area contributed by atoms with Crippen molar-refractivity contribution in [1.82, 2.24) is 0 Å². The van der Waals surface area contributed by atoms with E-state index in [1.807, 2.05) is 6.07 Å². The monoisotopic (exact) mass is 414 g/mol. The molecule has 1 aliphatic heterocycles. The lowest BCUT2D eigenvalue weighted by Crippen LogP contribution is -2.41. The molecule has 0 radical (unpaired) electrons. The fourth-order valence-corrected chi connectivity index (χ4v) is 5.55. The predicted molar refractivity (Wildman–Crippen MR) is 96.3 cm³/mol. The van der Waals surface area contributed by atoms with Gasteiger partial charge in [0.1, 0.15) is 0 Å². The lowest BCUT2D eigenvalue weighted by molar-refractivity contribution is -0.178. The first-order valence-electron chi connectivity index (χ1n) is 8.51. The van der Waals surface area contributed by atoms with Gasteiger partial charge < -0.3 is 23.5 Å². The van der Waals surface area contributed by atoms with E-state index in [9.17, 15) is 18.9 Å². The number of carbonyl (C=O) groups excluding carboxylic acids is 3. The van der Waals surface area contributed by atoms with Gasteiger partial charge in [-0.2, -0.15) is 0 Å². The Morgan fingerprint density at radius 1 is 0.857 bits per heavy atom. The molecule has 10 heteroatoms. The van der Waals surface area contributed by atoms with Crippen molar-refractivity contribution in [3.63, 3.8) is 0 Å². The second kappa shape index (κ2) is 9.32. The molecule has 9 nitrogen and oxygen atoms in total. The average molecular weight is 414 g/mol. The molecule has 1 fully saturated rings. The zero-order valence-electron chi connectivity index (χ0n) is 16.0. The Hall–Kier alpha value is -2.22. The van der Waals surface area contributed by atoms with Gasteiger partial charge in [0.25, 0.3) is 7.37 Å². The second-order valence-corrected chi connectivity index (χ2v) is 8.84. The van der Waals surface area contributed by atoms with Crippen LogP contribution in [-0.4, -0.2) is 48.9 Å². The number of hydrogen-bond acceptors (Lipinski definition) is 9. The van der Waals surface area contributed by atoms with Crippen molar-refractivity contribution < 1.29 is 42.4 Å². The molecule has 1 aromatic carbocycles. The third kappa shape index (κ3) is 4.98. The number of hydrogen-bond donors (Lipinski definition) is 0. The van der Waals surface area contributed by atoms with Crippen LogP contribution < -0.4 is 0 Å². The third-order valence-corrected chi connectivity index (χ3v) is 6.87. The van der Waals surface area contributed by atoms with Crippen molar-refractivity contribution in [3.8, 4) is 0 Å². The van der Waals surface area contributed by atoms with E-state index in [4.69, 9.17) is 23.5 Å². The van der Waals surface area contributed by atoms with Crippen LogP contribution in [0.3, 0.4) is 0 Å². The van der Waals surface area contributed by atoms with Crippen LogP contribution in [0.2, 0.25) is 0 Å². The van der Waals surface area contributed by atoms with Gasteiger partial charge in [-0.1, -0.05) is 30.3 Å². The maximum absolute atomic E-state index is 13.6. The summed E-state index contributed by atoms with van der Waals surface area (Å²) < 4.78 is 40.2. The first-order valence-corrected chi connectivity index (χ1v) is 10.3. The number of ether oxygens (including phenoxy) is 4. The Morgan fingerprint density at radius 2 is 1.36 bits per heavy atom. The van der Waals surface area contributed by atoms with E-state index < -0.39 is 49.2 Å². The van der Waals surface area contributed by atoms with Crippen LogP contribution in [0.25, 0.3) is 0 Å². The highest BCUT2D eigenvalue weighted by molar-refractivity contribution is 7.60. The first kappa shape index (κ1) is 22.1. The van der Waals surface area contributed by atoms with Gasteiger partial charge >= 0.3 is 17.9 Å². The van der Waals surface area contributed by atoms with Crippen LogP contribution >= 0.6 is 7.37 Å². The molecule has 154 valence electrons. The standard InChI is InChI=1S/C18H23O9P/c1-11(19)25-15-16(26-12(2)20)18(27-13(3)21)28(22,23-4)17(15)24-10-14-8-6-5-7-9-14/h5-9,15-18H,10H2,1-4H3/t15-,16?,17+,18?,28?/m1/s1. The molecule has 28 heavy (non-hydrogen) atoms. The van der Waals surface area contributed by atoms with Gasteiger partial charge in [-0.05, 0) is 5.56 Å². The highest BCUT2D eigenvalue weighted by Crippen LogP contribution is 2.65. The van der Waals surface area contributed by atoms with Crippen molar-refractivity contribution in [2.45, 2.75) is 51.3 Å². The van der Waals surface area contributed by atoms with E-state index in [-0.39, 0.29) is 6.61 Å². The molecule has 1 aliphatic rings. The Morgan fingerprint density at radius 3 is 1.82 bits per heavy atom. The van der Waals surface area contributed by atoms with Crippen molar-refractivity contribution in [2.24, 2.45) is 0 Å². The van der Waals surface area contributed by atoms with Crippen molar-refractivity contribution >= 4 is 25.3 Å². The summed E-state index contributed by atoms with van der Waals surface area (Å²) in [5.41, 5.74) is 0.770. The Bertz CT molecular complexity index is 764. The summed E-state index contributed by atoms with van der Waals surface area (Å²) in [6.07, 6.45) is -2.61. The zero-order chi connectivity index (χ0) is 20.9. The number of carbonyl (C=O) groups is 3. The van der Waals surface area contributed by atoms with Crippen LogP contribution in [0.1, 0.15) is 26.3 Å². The van der Waals surface area contributed by atoms with Crippen LogP contribution in [0.4, 0.5) is 0 Å². The molecular formula is C18H23O9P. The van der Waals surface area contributed by atoms with Crippen LogP contribution in [0, 0.1) is 0 Å². The fraction of sp³-hybridized carbons (Fsp3) is 0.500. The minimum absolute atomic E-state index is 0.0240. The molecule has 0 N–H and O–H groups in total. The second-order valence-electron chi connectivity index (χ2n) is 6.16. The largest absolute Gasteiger partial charge is 0.455 e. The smallest absolute Gasteiger partial charge is 0.303 e. The van der Waals surface area contributed by atoms with Gasteiger partial charge in [0.05, 0.1) is 6.61 Å². The Kier molecular flexibility index (Phi) is 7.35. The molecule has 0 bridgehead atoms. The van der Waals surface area contributed by atoms with Crippen LogP contribution in [0.15, 0.2) is 30.3 Å². The van der Waals surface area contributed by atoms with Crippen molar-refractivity contribution in [2.75, 3.05) is 7.11 Å². The molecule has 2 rings (SSSR count). The lowest BCUT2D eigenvalue weighted by atomic mass is 10.2. The third-order valence-electron chi connectivity index (χ3n) is 4.04. The molecule has 0 spiro atoms. The predicted octanol–water partition coefficient (Wildman–Crippen LogP) is 2.22. The van der Waals surface area contributed by atoms with E-state index in [2.05, 4.69) is 0 Å². The zero-order valence-corrected chi connectivity index (χ0v) is 16.9. The number of esters is 3. The van der Waals surface area contributed by atoms with E-state index >= 15 is 0 Å². The summed E-state index contributed by atoms with van der Waals surface area (Å²) in [5.74, 6) is -4.96. The normalized spacial score (nSPS) is 29.1. The highest BCUT2D eigenvalue weighted by Gasteiger charge is 2.65. The Balaban J connectivity index is 2.42. The summed E-state index contributed by atoms with van der Waals surface area (Å²) in [6, 6.07) is 9.02. The van der Waals surface area contributed by atoms with Gasteiger partial charge in [-0.3, -0.25) is 18.9 Å². The van der Waals surface area contributed by atoms with Crippen LogP contribution in [-0.2, 0) is 49.0 Å². The maximum atomic E-state index is 13.6. The molecule has 1 heterocycles. The first-order chi connectivity index (χ1) is 13.2. The van der Waals surface area contributed by atoms with Crippen LogP contribution in [0.5, 0.6) is 0 Å². The van der Waals surface area contributed by atoms with Gasteiger partial charge in [0, 0.05) is 27.9 Å². The van der Waals surface area contributed by atoms with Crippen molar-refractivity contribution in [3.05, 3.63) is 35.9 Å². The van der Waals surface area contributed by atoms with Gasteiger partial charge in [-0.25, -0.2) is 0 Å². The quantitative estimate of drug-likeness (QED) is 0.376. The Labute approximate surface area is 162 Å². The summed E-state index contributed by atoms with van der Waals surface area (Å²) in [4.78, 5) is 34.8. The molecule has 1 saturated heterocycles. The SMILES string of the molecule is COP1(=O)C(OC(C)=O)C(OC(C)=O)[C@@H](OC(C)=O)[C@H]1OCc1ccccc1. The van der Waals surface area contributed by atoms with Crippen molar-refractivity contribution in [1.29, 1.82) is 0 Å². The molecule has 5 atom stereocenters. The highest BCUT2D eigenvalue weighted by atomic mass is 31.2. The summed E-state index contributed by atoms with van der Waals surface area (Å²) in [6.45, 7) is 3.42. The lowest BCUT2D eigenvalue weighted by Gasteiger charge is -2.24. The molecule has 0 aliphatic carbocycles. The van der Waals surface area contributed by atoms with E-state index in [0.717, 1.165) is 33.4 Å². The molecule has 3 unspecified atom stereocenters. The topological polar surface area (TPSA) is 114 Å². The molecule has 0 saturated carbocycles. The van der Waals surface area contributed by atoms with E-state index in [0.29, 0.717) is 0 Å². The summed E-state index contributed by atoms with van der Waals surface area (Å²) >= 11 is 0. The molecule has 1 aromatic rings. The minimum atomic E-state index is -3.91. The van der Waals surface area contributed by atoms with Gasteiger partial charge in [0.15, 0.2) is 18.1 Å². The van der Waals surface area contributed by atoms with E-state index in [1.165, 1.54) is 0 Å². The molecular weight excluding hydrogens is 391 g/mol. The van der Waals surface area contributed by atoms with Gasteiger partial charge in [0.2, 0.25) is 5.85 Å². The molecule has 0 aromatic heterocycles. The maximum Gasteiger partial charge on any atom is 0.303 e. The number of benzene rings is 1. The average Bonchev–Trinajstić information content (AvgIpc) is 2.82.